The van der Waals surface area contributed by atoms with E-state index in [9.17, 15) is 4.79 Å². The van der Waals surface area contributed by atoms with Crippen molar-refractivity contribution in [3.8, 4) is 0 Å². The number of carbonyl (C=O) groups is 1. The molecule has 240 valence electrons. The summed E-state index contributed by atoms with van der Waals surface area (Å²) in [4.78, 5) is 11.5. The smallest absolute Gasteiger partial charge is 0.192 e. The highest BCUT2D eigenvalue weighted by atomic mass is 28.4. The third kappa shape index (κ3) is 14.1. The number of carbonyl (C=O) groups excluding carboxylic acids is 1. The first-order valence-electron chi connectivity index (χ1n) is 16.4. The summed E-state index contributed by atoms with van der Waals surface area (Å²) in [6.45, 7) is 37.3. The lowest BCUT2D eigenvalue weighted by Gasteiger charge is -2.44. The topological polar surface area (TPSA) is 44.8 Å². The van der Waals surface area contributed by atoms with Crippen molar-refractivity contribution in [2.75, 3.05) is 0 Å². The normalized spacial score (nSPS) is 16.6. The van der Waals surface area contributed by atoms with E-state index in [1.54, 1.807) is 0 Å². The summed E-state index contributed by atoms with van der Waals surface area (Å²) in [5.41, 5.74) is 0. The van der Waals surface area contributed by atoms with Crippen LogP contribution in [0.5, 0.6) is 0 Å². The maximum Gasteiger partial charge on any atom is 0.192 e. The summed E-state index contributed by atoms with van der Waals surface area (Å²) in [6, 6.07) is 0. The molecule has 0 radical (unpaired) electrons. The Bertz CT molecular complexity index is 715. The molecule has 0 aliphatic rings. The van der Waals surface area contributed by atoms with Crippen molar-refractivity contribution in [1.29, 1.82) is 0 Å². The average Bonchev–Trinajstić information content (AvgIpc) is 2.74. The summed E-state index contributed by atoms with van der Waals surface area (Å²) in [5.74, 6) is 0. The van der Waals surface area contributed by atoms with E-state index in [1.165, 1.54) is 32.1 Å². The van der Waals surface area contributed by atoms with Gasteiger partial charge in [-0.05, 0) is 80.1 Å². The Kier molecular flexibility index (Phi) is 16.4. The molecule has 0 saturated carbocycles. The second-order valence-electron chi connectivity index (χ2n) is 16.9. The minimum atomic E-state index is -2.03. The van der Waals surface area contributed by atoms with Gasteiger partial charge in [0.2, 0.25) is 0 Å². The Morgan fingerprint density at radius 3 is 1.25 bits per heavy atom. The van der Waals surface area contributed by atoms with Crippen LogP contribution in [-0.4, -0.2) is 49.6 Å². The van der Waals surface area contributed by atoms with Crippen LogP contribution in [0, 0.1) is 0 Å². The summed E-state index contributed by atoms with van der Waals surface area (Å²) in [6.07, 6.45) is 11.8. The maximum absolute atomic E-state index is 11.5. The number of hydrogen-bond donors (Lipinski definition) is 0. The van der Waals surface area contributed by atoms with E-state index in [-0.39, 0.29) is 33.4 Å². The van der Waals surface area contributed by atoms with E-state index in [4.69, 9.17) is 13.3 Å². The molecule has 0 aromatic carbocycles. The number of rotatable bonds is 19. The maximum atomic E-state index is 11.5. The van der Waals surface area contributed by atoms with Gasteiger partial charge in [-0.1, -0.05) is 101 Å². The minimum absolute atomic E-state index is 0.0268. The molecule has 40 heavy (non-hydrogen) atoms. The summed E-state index contributed by atoms with van der Waals surface area (Å²) in [5, 5.41) is 0.412. The summed E-state index contributed by atoms with van der Waals surface area (Å²) < 4.78 is 21.3. The molecule has 0 fully saturated rings. The zero-order chi connectivity index (χ0) is 31.6. The standard InChI is InChI=1S/C33H72O4Si3/c1-17-18-19-20-21-23-28(35-38(11,12)31(2,3)4)26-30(37-40(15,16)33(8,9)10)27-29(24-22-25-34)36-39(13,14)32(5,6)7/h25,28-30H,17-24,26-27H2,1-16H3/t28-,29+,30-/m1/s1. The SMILES string of the molecule is CCCCCCC[C@H](C[C@H](C[C@H](CCC=O)O[Si](C)(C)C(C)(C)C)O[Si](C)(C)C(C)(C)C)O[Si](C)(C)C(C)(C)C. The average molecular weight is 617 g/mol. The highest BCUT2D eigenvalue weighted by Gasteiger charge is 2.44. The van der Waals surface area contributed by atoms with Crippen LogP contribution >= 0.6 is 0 Å². The Morgan fingerprint density at radius 1 is 0.550 bits per heavy atom. The van der Waals surface area contributed by atoms with Crippen molar-refractivity contribution in [1.82, 2.24) is 0 Å². The highest BCUT2D eigenvalue weighted by Crippen LogP contribution is 2.42. The molecule has 3 atom stereocenters. The number of aldehydes is 1. The van der Waals surface area contributed by atoms with Crippen LogP contribution in [0.3, 0.4) is 0 Å². The molecule has 0 aromatic rings. The van der Waals surface area contributed by atoms with Crippen molar-refractivity contribution >= 4 is 31.2 Å². The lowest BCUT2D eigenvalue weighted by atomic mass is 9.99. The van der Waals surface area contributed by atoms with Gasteiger partial charge in [0.15, 0.2) is 25.0 Å². The zero-order valence-electron chi connectivity index (χ0n) is 30.0. The lowest BCUT2D eigenvalue weighted by Crippen LogP contribution is -2.49. The minimum Gasteiger partial charge on any atom is -0.414 e. The van der Waals surface area contributed by atoms with E-state index in [1.807, 2.05) is 0 Å². The van der Waals surface area contributed by atoms with E-state index < -0.39 is 25.0 Å². The van der Waals surface area contributed by atoms with Crippen LogP contribution < -0.4 is 0 Å². The van der Waals surface area contributed by atoms with E-state index in [0.717, 1.165) is 32.0 Å². The van der Waals surface area contributed by atoms with Crippen molar-refractivity contribution < 1.29 is 18.1 Å². The monoisotopic (exact) mass is 616 g/mol. The molecule has 0 spiro atoms. The van der Waals surface area contributed by atoms with Gasteiger partial charge in [-0.25, -0.2) is 0 Å². The Balaban J connectivity index is 6.27. The van der Waals surface area contributed by atoms with Gasteiger partial charge in [0.1, 0.15) is 6.29 Å². The molecule has 0 unspecified atom stereocenters. The van der Waals surface area contributed by atoms with Crippen LogP contribution in [0.25, 0.3) is 0 Å². The third-order valence-corrected chi connectivity index (χ3v) is 23.7. The first-order chi connectivity index (χ1) is 17.9. The predicted octanol–water partition coefficient (Wildman–Crippen LogP) is 11.3. The van der Waals surface area contributed by atoms with Gasteiger partial charge >= 0.3 is 0 Å². The van der Waals surface area contributed by atoms with Crippen LogP contribution in [-0.2, 0) is 18.1 Å². The third-order valence-electron chi connectivity index (χ3n) is 10.1. The van der Waals surface area contributed by atoms with Gasteiger partial charge in [-0.2, -0.15) is 0 Å². The Hall–Kier alpha value is 0.201. The zero-order valence-corrected chi connectivity index (χ0v) is 33.0. The molecule has 0 saturated heterocycles. The molecule has 0 aliphatic heterocycles. The van der Waals surface area contributed by atoms with Crippen LogP contribution in [0.15, 0.2) is 0 Å². The Morgan fingerprint density at radius 2 is 0.900 bits per heavy atom. The highest BCUT2D eigenvalue weighted by molar-refractivity contribution is 6.75. The Labute approximate surface area is 254 Å². The molecule has 4 nitrogen and oxygen atoms in total. The van der Waals surface area contributed by atoms with E-state index >= 15 is 0 Å². The first kappa shape index (κ1) is 40.2. The molecule has 0 bridgehead atoms. The van der Waals surface area contributed by atoms with Crippen molar-refractivity contribution in [2.45, 2.75) is 206 Å². The molecule has 0 aromatic heterocycles. The largest absolute Gasteiger partial charge is 0.414 e. The number of unbranched alkanes of at least 4 members (excludes halogenated alkanes) is 4. The molecule has 0 aliphatic carbocycles. The first-order valence-corrected chi connectivity index (χ1v) is 25.1. The van der Waals surface area contributed by atoms with Crippen molar-refractivity contribution in [2.24, 2.45) is 0 Å². The van der Waals surface area contributed by atoms with Crippen LogP contribution in [0.2, 0.25) is 54.4 Å². The van der Waals surface area contributed by atoms with Gasteiger partial charge < -0.3 is 18.1 Å². The predicted molar refractivity (Wildman–Crippen MR) is 184 cm³/mol. The fraction of sp³-hybridized carbons (Fsp3) is 0.970. The lowest BCUT2D eigenvalue weighted by molar-refractivity contribution is -0.108. The van der Waals surface area contributed by atoms with Gasteiger partial charge in [-0.15, -0.1) is 0 Å². The van der Waals surface area contributed by atoms with Crippen molar-refractivity contribution in [3.05, 3.63) is 0 Å². The van der Waals surface area contributed by atoms with Gasteiger partial charge in [0, 0.05) is 24.7 Å². The second kappa shape index (κ2) is 16.3. The van der Waals surface area contributed by atoms with E-state index in [0.29, 0.717) is 6.42 Å². The fourth-order valence-corrected chi connectivity index (χ4v) is 8.42. The van der Waals surface area contributed by atoms with Gasteiger partial charge in [-0.3, -0.25) is 0 Å². The summed E-state index contributed by atoms with van der Waals surface area (Å²) in [7, 11) is -5.98. The molecule has 7 heteroatoms. The van der Waals surface area contributed by atoms with E-state index in [2.05, 4.69) is 109 Å². The van der Waals surface area contributed by atoms with Crippen LogP contribution in [0.1, 0.15) is 133 Å². The molecule has 0 amide bonds. The molecule has 0 N–H and O–H groups in total. The van der Waals surface area contributed by atoms with Crippen LogP contribution in [0.4, 0.5) is 0 Å². The molecule has 0 heterocycles. The van der Waals surface area contributed by atoms with Crippen molar-refractivity contribution in [3.63, 3.8) is 0 Å². The van der Waals surface area contributed by atoms with Gasteiger partial charge in [0.05, 0.1) is 0 Å². The molecular formula is C33H72O4Si3. The molecular weight excluding hydrogens is 545 g/mol. The quantitative estimate of drug-likeness (QED) is 0.0822. The van der Waals surface area contributed by atoms with Gasteiger partial charge in [0.25, 0.3) is 0 Å². The second-order valence-corrected chi connectivity index (χ2v) is 31.2. The summed E-state index contributed by atoms with van der Waals surface area (Å²) >= 11 is 0. The number of hydrogen-bond acceptors (Lipinski definition) is 4. The molecule has 0 rings (SSSR count). The fourth-order valence-electron chi connectivity index (χ4n) is 4.24.